The first-order chi connectivity index (χ1) is 13.2. The number of nitrogens with zero attached hydrogens (tertiary/aromatic N) is 5. The molecule has 0 fully saturated rings. The number of hydrogen-bond acceptors (Lipinski definition) is 4. The Balaban J connectivity index is 1.62. The number of rotatable bonds is 2. The molecule has 1 aliphatic rings. The molecule has 0 saturated carbocycles. The van der Waals surface area contributed by atoms with Crippen molar-refractivity contribution >= 4 is 11.6 Å². The molecule has 7 nitrogen and oxygen atoms in total. The average Bonchev–Trinajstić information content (AvgIpc) is 3.32. The fraction of sp³-hybridized carbons (Fsp3) is 0.200. The summed E-state index contributed by atoms with van der Waals surface area (Å²) in [6, 6.07) is 9.39. The molecule has 1 amide bonds. The number of carbonyl (C=O) groups is 1. The summed E-state index contributed by atoms with van der Waals surface area (Å²) in [5.74, 6) is -0.0772. The van der Waals surface area contributed by atoms with Gasteiger partial charge in [-0.1, -0.05) is 6.07 Å². The van der Waals surface area contributed by atoms with Crippen LogP contribution in [0.3, 0.4) is 0 Å². The van der Waals surface area contributed by atoms with Gasteiger partial charge >= 0.3 is 0 Å². The number of fused-ring (bicyclic) bond motifs is 2. The minimum Gasteiger partial charge on any atom is -0.348 e. The van der Waals surface area contributed by atoms with Gasteiger partial charge in [0.15, 0.2) is 0 Å². The van der Waals surface area contributed by atoms with Crippen LogP contribution in [0.2, 0.25) is 0 Å². The quantitative estimate of drug-likeness (QED) is 0.597. The summed E-state index contributed by atoms with van der Waals surface area (Å²) in [4.78, 5) is 31.8. The van der Waals surface area contributed by atoms with E-state index < -0.39 is 0 Å². The van der Waals surface area contributed by atoms with E-state index in [9.17, 15) is 4.79 Å². The summed E-state index contributed by atoms with van der Waals surface area (Å²) < 4.78 is 1.94. The summed E-state index contributed by atoms with van der Waals surface area (Å²) in [5, 5.41) is 0. The number of aromatic nitrogens is 5. The normalized spacial score (nSPS) is 16.5. The van der Waals surface area contributed by atoms with Gasteiger partial charge in [0.1, 0.15) is 17.4 Å². The fourth-order valence-corrected chi connectivity index (χ4v) is 3.84. The maximum atomic E-state index is 13.5. The van der Waals surface area contributed by atoms with Crippen molar-refractivity contribution in [2.45, 2.75) is 19.4 Å². The molecule has 7 heteroatoms. The fourth-order valence-electron chi connectivity index (χ4n) is 3.84. The maximum Gasteiger partial charge on any atom is 0.275 e. The summed E-state index contributed by atoms with van der Waals surface area (Å²) >= 11 is 0. The molecular weight excluding hydrogens is 340 g/mol. The van der Waals surface area contributed by atoms with E-state index in [1.807, 2.05) is 52.8 Å². The number of aryl methyl sites for hydroxylation is 1. The predicted octanol–water partition coefficient (Wildman–Crippen LogP) is 2.55. The van der Waals surface area contributed by atoms with Crippen LogP contribution in [0.1, 0.15) is 39.2 Å². The highest BCUT2D eigenvalue weighted by atomic mass is 16.2. The zero-order valence-corrected chi connectivity index (χ0v) is 14.8. The molecule has 1 atom stereocenters. The van der Waals surface area contributed by atoms with Gasteiger partial charge < -0.3 is 14.3 Å². The van der Waals surface area contributed by atoms with Crippen molar-refractivity contribution in [2.75, 3.05) is 6.54 Å². The van der Waals surface area contributed by atoms with E-state index >= 15 is 0 Å². The standard InChI is InChI=1S/C20H18N6O/c1-13-17(24-16-4-2-3-10-25(13)16)20(27)26-11-7-15-18(23-12-22-15)19(26)14-5-8-21-9-6-14/h2-6,8-10,12,19H,7,11H2,1H3,(H,22,23). The van der Waals surface area contributed by atoms with Gasteiger partial charge in [-0.15, -0.1) is 0 Å². The van der Waals surface area contributed by atoms with Crippen LogP contribution in [-0.2, 0) is 6.42 Å². The number of H-pyrrole nitrogens is 1. The Kier molecular flexibility index (Phi) is 3.53. The lowest BCUT2D eigenvalue weighted by atomic mass is 9.96. The molecule has 0 radical (unpaired) electrons. The van der Waals surface area contributed by atoms with E-state index in [1.165, 1.54) is 0 Å². The third-order valence-corrected chi connectivity index (χ3v) is 5.18. The summed E-state index contributed by atoms with van der Waals surface area (Å²) in [6.07, 6.45) is 7.86. The number of nitrogens with one attached hydrogen (secondary N) is 1. The molecule has 0 aliphatic carbocycles. The van der Waals surface area contributed by atoms with Crippen LogP contribution < -0.4 is 0 Å². The highest BCUT2D eigenvalue weighted by molar-refractivity contribution is 5.95. The topological polar surface area (TPSA) is 79.2 Å². The molecule has 0 saturated heterocycles. The van der Waals surface area contributed by atoms with Gasteiger partial charge in [-0.2, -0.15) is 0 Å². The number of pyridine rings is 2. The van der Waals surface area contributed by atoms with E-state index in [0.29, 0.717) is 12.2 Å². The second-order valence-electron chi connectivity index (χ2n) is 6.67. The van der Waals surface area contributed by atoms with Gasteiger partial charge in [-0.05, 0) is 36.8 Å². The van der Waals surface area contributed by atoms with Crippen molar-refractivity contribution in [3.8, 4) is 0 Å². The molecule has 4 aromatic heterocycles. The number of carbonyl (C=O) groups excluding carboxylic acids is 1. The number of imidazole rings is 2. The van der Waals surface area contributed by atoms with Gasteiger partial charge in [-0.3, -0.25) is 9.78 Å². The van der Waals surface area contributed by atoms with E-state index in [2.05, 4.69) is 19.9 Å². The van der Waals surface area contributed by atoms with Crippen molar-refractivity contribution in [3.05, 3.63) is 83.6 Å². The largest absolute Gasteiger partial charge is 0.348 e. The summed E-state index contributed by atoms with van der Waals surface area (Å²) in [6.45, 7) is 2.53. The minimum absolute atomic E-state index is 0.0772. The van der Waals surface area contributed by atoms with Crippen LogP contribution >= 0.6 is 0 Å². The highest BCUT2D eigenvalue weighted by Gasteiger charge is 2.36. The molecule has 1 unspecified atom stereocenters. The Morgan fingerprint density at radius 3 is 2.89 bits per heavy atom. The number of amides is 1. The molecule has 0 bridgehead atoms. The summed E-state index contributed by atoms with van der Waals surface area (Å²) in [5.41, 5.74) is 5.06. The third-order valence-electron chi connectivity index (χ3n) is 5.18. The van der Waals surface area contributed by atoms with Crippen molar-refractivity contribution in [2.24, 2.45) is 0 Å². The Bertz CT molecular complexity index is 1130. The molecular formula is C20H18N6O. The lowest BCUT2D eigenvalue weighted by Crippen LogP contribution is -2.41. The predicted molar refractivity (Wildman–Crippen MR) is 99.3 cm³/mol. The van der Waals surface area contributed by atoms with Crippen LogP contribution in [0.5, 0.6) is 0 Å². The van der Waals surface area contributed by atoms with Crippen molar-refractivity contribution in [3.63, 3.8) is 0 Å². The Labute approximate surface area is 155 Å². The smallest absolute Gasteiger partial charge is 0.275 e. The molecule has 0 aromatic carbocycles. The lowest BCUT2D eigenvalue weighted by molar-refractivity contribution is 0.0684. The Hall–Kier alpha value is -3.48. The molecule has 1 aliphatic heterocycles. The van der Waals surface area contributed by atoms with Crippen LogP contribution in [0.15, 0.2) is 55.2 Å². The number of hydrogen-bond donors (Lipinski definition) is 1. The van der Waals surface area contributed by atoms with Crippen molar-refractivity contribution < 1.29 is 4.79 Å². The lowest BCUT2D eigenvalue weighted by Gasteiger charge is -2.35. The summed E-state index contributed by atoms with van der Waals surface area (Å²) in [7, 11) is 0. The highest BCUT2D eigenvalue weighted by Crippen LogP contribution is 2.34. The number of aromatic amines is 1. The van der Waals surface area contributed by atoms with Gasteiger partial charge in [0.25, 0.3) is 5.91 Å². The van der Waals surface area contributed by atoms with Gasteiger partial charge in [-0.25, -0.2) is 9.97 Å². The van der Waals surface area contributed by atoms with E-state index in [1.54, 1.807) is 18.7 Å². The van der Waals surface area contributed by atoms with Crippen LogP contribution in [-0.4, -0.2) is 41.7 Å². The average molecular weight is 358 g/mol. The van der Waals surface area contributed by atoms with E-state index in [0.717, 1.165) is 34.7 Å². The van der Waals surface area contributed by atoms with Crippen molar-refractivity contribution in [1.82, 2.24) is 29.2 Å². The molecule has 27 heavy (non-hydrogen) atoms. The molecule has 1 N–H and O–H groups in total. The maximum absolute atomic E-state index is 13.5. The minimum atomic E-state index is -0.250. The SMILES string of the molecule is Cc1c(C(=O)N2CCc3[nH]cnc3C2c2ccncc2)nc2ccccn12. The molecule has 134 valence electrons. The first kappa shape index (κ1) is 15.7. The van der Waals surface area contributed by atoms with Gasteiger partial charge in [0.2, 0.25) is 0 Å². The second-order valence-corrected chi connectivity index (χ2v) is 6.67. The zero-order chi connectivity index (χ0) is 18.4. The molecule has 4 aromatic rings. The first-order valence-electron chi connectivity index (χ1n) is 8.91. The first-order valence-corrected chi connectivity index (χ1v) is 8.91. The van der Waals surface area contributed by atoms with Crippen molar-refractivity contribution in [1.29, 1.82) is 0 Å². The Morgan fingerprint density at radius 2 is 2.07 bits per heavy atom. The van der Waals surface area contributed by atoms with Crippen LogP contribution in [0.25, 0.3) is 5.65 Å². The monoisotopic (exact) mass is 358 g/mol. The van der Waals surface area contributed by atoms with E-state index in [4.69, 9.17) is 0 Å². The molecule has 5 heterocycles. The van der Waals surface area contributed by atoms with Gasteiger partial charge in [0, 0.05) is 37.3 Å². The van der Waals surface area contributed by atoms with Crippen LogP contribution in [0.4, 0.5) is 0 Å². The Morgan fingerprint density at radius 1 is 1.22 bits per heavy atom. The third kappa shape index (κ3) is 2.43. The van der Waals surface area contributed by atoms with E-state index in [-0.39, 0.29) is 11.9 Å². The molecule has 0 spiro atoms. The molecule has 5 rings (SSSR count). The zero-order valence-electron chi connectivity index (χ0n) is 14.8. The van der Waals surface area contributed by atoms with Gasteiger partial charge in [0.05, 0.1) is 17.7 Å². The second kappa shape index (κ2) is 6.05. The van der Waals surface area contributed by atoms with Crippen LogP contribution in [0, 0.1) is 6.92 Å².